The predicted molar refractivity (Wildman–Crippen MR) is 142 cm³/mol. The van der Waals surface area contributed by atoms with Gasteiger partial charge in [-0.15, -0.1) is 0 Å². The molecule has 1 fully saturated rings. The first kappa shape index (κ1) is 24.1. The van der Waals surface area contributed by atoms with E-state index >= 15 is 0 Å². The Kier molecular flexibility index (Phi) is 6.26. The second-order valence-electron chi connectivity index (χ2n) is 9.35. The molecule has 4 aromatic heterocycles. The standard InChI is InChI=1S/C28H28N6O4/c1-3-38-28(36)23-13-30-27-22(32(2)14-18-8-5-4-6-9-18)12-21(31-34(23)27)20-15-33(24-16-37-17-25(24)35)26-19(20)10-7-11-29-26/h4-13,15,24-25,35H,3,14,16-17H2,1-2H3/t24?,25-/m0/s1. The van der Waals surface area contributed by atoms with Crippen LogP contribution in [0, 0.1) is 0 Å². The van der Waals surface area contributed by atoms with Crippen LogP contribution in [-0.4, -0.2) is 68.2 Å². The van der Waals surface area contributed by atoms with Gasteiger partial charge in [0.15, 0.2) is 11.3 Å². The molecule has 5 heterocycles. The van der Waals surface area contributed by atoms with E-state index in [4.69, 9.17) is 14.6 Å². The van der Waals surface area contributed by atoms with Crippen LogP contribution in [0.5, 0.6) is 0 Å². The van der Waals surface area contributed by atoms with Gasteiger partial charge in [-0.05, 0) is 30.7 Å². The Morgan fingerprint density at radius 3 is 2.76 bits per heavy atom. The van der Waals surface area contributed by atoms with Crippen LogP contribution in [0.3, 0.4) is 0 Å². The average Bonchev–Trinajstić information content (AvgIpc) is 3.65. The number of carbonyl (C=O) groups is 1. The second-order valence-corrected chi connectivity index (χ2v) is 9.35. The first-order valence-electron chi connectivity index (χ1n) is 12.6. The van der Waals surface area contributed by atoms with Crippen LogP contribution in [0.4, 0.5) is 5.69 Å². The quantitative estimate of drug-likeness (QED) is 0.330. The third-order valence-corrected chi connectivity index (χ3v) is 6.85. The Morgan fingerprint density at radius 2 is 2.00 bits per heavy atom. The van der Waals surface area contributed by atoms with E-state index in [1.807, 2.05) is 54.2 Å². The fourth-order valence-electron chi connectivity index (χ4n) is 4.99. The molecule has 1 unspecified atom stereocenters. The molecule has 38 heavy (non-hydrogen) atoms. The molecule has 1 N–H and O–H groups in total. The van der Waals surface area contributed by atoms with E-state index in [1.54, 1.807) is 17.6 Å². The van der Waals surface area contributed by atoms with Crippen LogP contribution in [0.25, 0.3) is 27.9 Å². The molecule has 1 saturated heterocycles. The van der Waals surface area contributed by atoms with Crippen LogP contribution in [0.1, 0.15) is 29.0 Å². The molecule has 0 amide bonds. The SMILES string of the molecule is CCOC(=O)c1cnc2c(N(C)Cc3ccccc3)cc(-c3cn(C4COC[C@@H]4O)c4ncccc34)nn12. The number of nitrogens with zero attached hydrogens (tertiary/aromatic N) is 6. The van der Waals surface area contributed by atoms with Crippen molar-refractivity contribution < 1.29 is 19.4 Å². The molecule has 194 valence electrons. The minimum absolute atomic E-state index is 0.247. The summed E-state index contributed by atoms with van der Waals surface area (Å²) in [5.41, 5.74) is 4.95. The van der Waals surface area contributed by atoms with E-state index in [9.17, 15) is 9.90 Å². The molecule has 0 saturated carbocycles. The maximum Gasteiger partial charge on any atom is 0.358 e. The van der Waals surface area contributed by atoms with Crippen molar-refractivity contribution in [2.75, 3.05) is 31.8 Å². The smallest absolute Gasteiger partial charge is 0.358 e. The summed E-state index contributed by atoms with van der Waals surface area (Å²) in [5.74, 6) is -0.489. The molecule has 0 radical (unpaired) electrons. The van der Waals surface area contributed by atoms with Crippen LogP contribution in [-0.2, 0) is 16.0 Å². The van der Waals surface area contributed by atoms with Gasteiger partial charge in [0.1, 0.15) is 11.8 Å². The summed E-state index contributed by atoms with van der Waals surface area (Å²) in [4.78, 5) is 24.0. The third-order valence-electron chi connectivity index (χ3n) is 6.85. The molecule has 0 aliphatic carbocycles. The summed E-state index contributed by atoms with van der Waals surface area (Å²) in [6.07, 6.45) is 4.56. The Bertz CT molecular complexity index is 1610. The van der Waals surface area contributed by atoms with Crippen molar-refractivity contribution in [1.29, 1.82) is 0 Å². The maximum atomic E-state index is 12.8. The van der Waals surface area contributed by atoms with Gasteiger partial charge in [-0.25, -0.2) is 19.3 Å². The lowest BCUT2D eigenvalue weighted by Crippen LogP contribution is -2.21. The van der Waals surface area contributed by atoms with Crippen molar-refractivity contribution in [1.82, 2.24) is 24.1 Å². The number of imidazole rings is 1. The largest absolute Gasteiger partial charge is 0.461 e. The van der Waals surface area contributed by atoms with Gasteiger partial charge in [0, 0.05) is 36.9 Å². The molecule has 5 aromatic rings. The highest BCUT2D eigenvalue weighted by Gasteiger charge is 2.30. The van der Waals surface area contributed by atoms with Gasteiger partial charge in [0.05, 0.1) is 43.4 Å². The number of hydrogen-bond donors (Lipinski definition) is 1. The van der Waals surface area contributed by atoms with E-state index in [-0.39, 0.29) is 24.9 Å². The highest BCUT2D eigenvalue weighted by atomic mass is 16.5. The summed E-state index contributed by atoms with van der Waals surface area (Å²) >= 11 is 0. The molecule has 0 spiro atoms. The van der Waals surface area contributed by atoms with Gasteiger partial charge in [-0.1, -0.05) is 30.3 Å². The number of carbonyl (C=O) groups excluding carboxylic acids is 1. The van der Waals surface area contributed by atoms with Gasteiger partial charge in [0.2, 0.25) is 0 Å². The number of pyridine rings is 1. The van der Waals surface area contributed by atoms with Crippen LogP contribution >= 0.6 is 0 Å². The monoisotopic (exact) mass is 512 g/mol. The van der Waals surface area contributed by atoms with Crippen molar-refractivity contribution in [2.45, 2.75) is 25.6 Å². The summed E-state index contributed by atoms with van der Waals surface area (Å²) < 4.78 is 14.3. The number of aliphatic hydroxyl groups is 1. The Balaban J connectivity index is 1.54. The fourth-order valence-corrected chi connectivity index (χ4v) is 4.99. The molecule has 10 nitrogen and oxygen atoms in total. The number of fused-ring (bicyclic) bond motifs is 2. The molecule has 0 bridgehead atoms. The fraction of sp³-hybridized carbons (Fsp3) is 0.286. The van der Waals surface area contributed by atoms with Crippen molar-refractivity contribution in [2.24, 2.45) is 0 Å². The first-order valence-corrected chi connectivity index (χ1v) is 12.6. The van der Waals surface area contributed by atoms with Crippen molar-refractivity contribution >= 4 is 28.3 Å². The van der Waals surface area contributed by atoms with E-state index in [0.29, 0.717) is 24.5 Å². The molecular formula is C28H28N6O4. The zero-order chi connectivity index (χ0) is 26.2. The lowest BCUT2D eigenvalue weighted by atomic mass is 10.1. The molecule has 1 aliphatic heterocycles. The zero-order valence-corrected chi connectivity index (χ0v) is 21.2. The molecular weight excluding hydrogens is 484 g/mol. The van der Waals surface area contributed by atoms with Gasteiger partial charge >= 0.3 is 5.97 Å². The topological polar surface area (TPSA) is 107 Å². The Hall–Kier alpha value is -4.28. The maximum absolute atomic E-state index is 12.8. The van der Waals surface area contributed by atoms with Crippen molar-refractivity contribution in [3.05, 3.63) is 78.4 Å². The van der Waals surface area contributed by atoms with Gasteiger partial charge in [0.25, 0.3) is 0 Å². The number of hydrogen-bond acceptors (Lipinski definition) is 8. The first-order chi connectivity index (χ1) is 18.5. The molecule has 10 heteroatoms. The number of aliphatic hydroxyl groups excluding tert-OH is 1. The molecule has 6 rings (SSSR count). The Morgan fingerprint density at radius 1 is 1.16 bits per heavy atom. The Labute approximate surface area is 219 Å². The van der Waals surface area contributed by atoms with Crippen LogP contribution in [0.15, 0.2) is 67.1 Å². The minimum Gasteiger partial charge on any atom is -0.461 e. The summed E-state index contributed by atoms with van der Waals surface area (Å²) in [6, 6.07) is 15.7. The van der Waals surface area contributed by atoms with Gasteiger partial charge in [-0.3, -0.25) is 0 Å². The number of esters is 1. The summed E-state index contributed by atoms with van der Waals surface area (Å²) in [6.45, 7) is 3.33. The third kappa shape index (κ3) is 4.17. The minimum atomic E-state index is -0.632. The number of anilines is 1. The van der Waals surface area contributed by atoms with Crippen molar-refractivity contribution in [3.63, 3.8) is 0 Å². The normalized spacial score (nSPS) is 17.3. The molecule has 1 aromatic carbocycles. The number of aromatic nitrogens is 5. The summed E-state index contributed by atoms with van der Waals surface area (Å²) in [5, 5.41) is 16.3. The summed E-state index contributed by atoms with van der Waals surface area (Å²) in [7, 11) is 1.99. The molecule has 2 atom stereocenters. The van der Waals surface area contributed by atoms with Gasteiger partial charge in [-0.2, -0.15) is 5.10 Å². The number of benzene rings is 1. The zero-order valence-electron chi connectivity index (χ0n) is 21.2. The van der Waals surface area contributed by atoms with Crippen molar-refractivity contribution in [3.8, 4) is 11.3 Å². The predicted octanol–water partition coefficient (Wildman–Crippen LogP) is 3.49. The van der Waals surface area contributed by atoms with E-state index in [1.165, 1.54) is 6.20 Å². The number of ether oxygens (including phenoxy) is 2. The lowest BCUT2D eigenvalue weighted by Gasteiger charge is -2.21. The van der Waals surface area contributed by atoms with Crippen LogP contribution < -0.4 is 4.90 Å². The second kappa shape index (κ2) is 9.88. The van der Waals surface area contributed by atoms with E-state index in [2.05, 4.69) is 27.0 Å². The highest BCUT2D eigenvalue weighted by Crippen LogP contribution is 2.35. The van der Waals surface area contributed by atoms with E-state index in [0.717, 1.165) is 27.8 Å². The lowest BCUT2D eigenvalue weighted by molar-refractivity contribution is 0.0516. The number of rotatable bonds is 7. The van der Waals surface area contributed by atoms with E-state index < -0.39 is 12.1 Å². The van der Waals surface area contributed by atoms with Crippen LogP contribution in [0.2, 0.25) is 0 Å². The van der Waals surface area contributed by atoms with Gasteiger partial charge < -0.3 is 24.0 Å². The average molecular weight is 513 g/mol. The molecule has 1 aliphatic rings. The highest BCUT2D eigenvalue weighted by molar-refractivity contribution is 5.95.